The molecule has 0 bridgehead atoms. The molecule has 0 spiro atoms. The maximum Gasteiger partial charge on any atom is 0.517 e. The van der Waals surface area contributed by atoms with E-state index in [-0.39, 0.29) is 23.5 Å². The number of hydrogen-bond acceptors (Lipinski definition) is 7. The van der Waals surface area contributed by atoms with Crippen molar-refractivity contribution < 1.29 is 34.0 Å². The first-order valence-corrected chi connectivity index (χ1v) is 6.40. The molecule has 0 aromatic carbocycles. The molecule has 0 saturated carbocycles. The summed E-state index contributed by atoms with van der Waals surface area (Å²) in [5, 5.41) is 18.4. The van der Waals surface area contributed by atoms with Gasteiger partial charge in [0.1, 0.15) is 0 Å². The minimum Gasteiger partial charge on any atom is -0.494 e. The van der Waals surface area contributed by atoms with Crippen LogP contribution in [0.25, 0.3) is 0 Å². The summed E-state index contributed by atoms with van der Waals surface area (Å²) in [6, 6.07) is 1.00. The highest BCUT2D eigenvalue weighted by Gasteiger charge is 2.26. The molecule has 21 heavy (non-hydrogen) atoms. The molecule has 8 heteroatoms. The van der Waals surface area contributed by atoms with E-state index in [0.29, 0.717) is 0 Å². The third kappa shape index (κ3) is 4.90. The van der Waals surface area contributed by atoms with Gasteiger partial charge in [0.15, 0.2) is 11.6 Å². The predicted molar refractivity (Wildman–Crippen MR) is 70.8 cm³/mol. The molecule has 1 aromatic heterocycles. The molecule has 0 aliphatic carbocycles. The van der Waals surface area contributed by atoms with Gasteiger partial charge in [-0.2, -0.15) is 0 Å². The van der Waals surface area contributed by atoms with Crippen LogP contribution >= 0.6 is 0 Å². The van der Waals surface area contributed by atoms with Crippen molar-refractivity contribution in [1.29, 1.82) is 0 Å². The minimum atomic E-state index is -1.17. The molecular weight excluding hydrogens is 282 g/mol. The molecule has 1 rings (SSSR count). The average Bonchev–Trinajstić information content (AvgIpc) is 2.66. The van der Waals surface area contributed by atoms with Gasteiger partial charge in [-0.25, -0.2) is 4.79 Å². The van der Waals surface area contributed by atoms with Crippen molar-refractivity contribution in [2.45, 2.75) is 34.0 Å². The molecule has 118 valence electrons. The van der Waals surface area contributed by atoms with E-state index in [1.54, 1.807) is 27.7 Å². The number of ether oxygens (including phenoxy) is 3. The number of aromatic amines is 1. The van der Waals surface area contributed by atoms with Crippen LogP contribution in [0.5, 0.6) is 17.5 Å². The average molecular weight is 301 g/mol. The van der Waals surface area contributed by atoms with Crippen molar-refractivity contribution in [3.05, 3.63) is 6.07 Å². The van der Waals surface area contributed by atoms with Crippen molar-refractivity contribution in [3.8, 4) is 17.5 Å². The topological polar surface area (TPSA) is 118 Å². The molecule has 1 aromatic rings. The van der Waals surface area contributed by atoms with Crippen LogP contribution in [-0.2, 0) is 14.3 Å². The monoisotopic (exact) mass is 301 g/mol. The highest BCUT2D eigenvalue weighted by Crippen LogP contribution is 2.29. The molecule has 1 heterocycles. The molecule has 0 radical (unpaired) electrons. The summed E-state index contributed by atoms with van der Waals surface area (Å²) in [5.41, 5.74) is 0. The Morgan fingerprint density at radius 1 is 1.14 bits per heavy atom. The summed E-state index contributed by atoms with van der Waals surface area (Å²) < 4.78 is 14.6. The summed E-state index contributed by atoms with van der Waals surface area (Å²) in [7, 11) is 0. The van der Waals surface area contributed by atoms with E-state index >= 15 is 0 Å². The maximum absolute atomic E-state index is 11.6. The molecule has 3 N–H and O–H groups in total. The lowest BCUT2D eigenvalue weighted by molar-refractivity contribution is -0.180. The van der Waals surface area contributed by atoms with Gasteiger partial charge in [-0.15, -0.1) is 0 Å². The first-order valence-electron chi connectivity index (χ1n) is 6.40. The van der Waals surface area contributed by atoms with Crippen LogP contribution in [-0.4, -0.2) is 33.6 Å². The van der Waals surface area contributed by atoms with Crippen LogP contribution in [0, 0.1) is 11.8 Å². The quantitative estimate of drug-likeness (QED) is 0.563. The number of hydrogen-bond donors (Lipinski definition) is 3. The van der Waals surface area contributed by atoms with Crippen LogP contribution < -0.4 is 4.74 Å². The van der Waals surface area contributed by atoms with Gasteiger partial charge in [0.05, 0.1) is 5.92 Å². The van der Waals surface area contributed by atoms with Gasteiger partial charge in [-0.05, 0) is 0 Å². The summed E-state index contributed by atoms with van der Waals surface area (Å²) in [4.78, 5) is 25.2. The van der Waals surface area contributed by atoms with Gasteiger partial charge >= 0.3 is 12.1 Å². The Morgan fingerprint density at radius 2 is 1.76 bits per heavy atom. The summed E-state index contributed by atoms with van der Waals surface area (Å²) in [6.45, 7) is 6.70. The zero-order valence-corrected chi connectivity index (χ0v) is 12.2. The van der Waals surface area contributed by atoms with Crippen LogP contribution in [0.15, 0.2) is 6.07 Å². The highest BCUT2D eigenvalue weighted by molar-refractivity contribution is 5.72. The van der Waals surface area contributed by atoms with Gasteiger partial charge in [0, 0.05) is 12.0 Å². The minimum absolute atomic E-state index is 0.284. The summed E-state index contributed by atoms with van der Waals surface area (Å²) in [6.07, 6.45) is -2.28. The van der Waals surface area contributed by atoms with E-state index in [0.717, 1.165) is 6.07 Å². The second kappa shape index (κ2) is 6.87. The molecule has 0 aliphatic heterocycles. The fourth-order valence-corrected chi connectivity index (χ4v) is 1.24. The zero-order chi connectivity index (χ0) is 16.2. The molecule has 0 saturated heterocycles. The van der Waals surface area contributed by atoms with Crippen molar-refractivity contribution in [2.75, 3.05) is 0 Å². The third-order valence-electron chi connectivity index (χ3n) is 2.40. The van der Waals surface area contributed by atoms with Crippen molar-refractivity contribution in [2.24, 2.45) is 11.8 Å². The third-order valence-corrected chi connectivity index (χ3v) is 2.40. The van der Waals surface area contributed by atoms with Crippen molar-refractivity contribution >= 4 is 12.1 Å². The number of carbonyl (C=O) groups excluding carboxylic acids is 2. The fourth-order valence-electron chi connectivity index (χ4n) is 1.24. The smallest absolute Gasteiger partial charge is 0.494 e. The van der Waals surface area contributed by atoms with E-state index in [9.17, 15) is 14.7 Å². The van der Waals surface area contributed by atoms with Crippen molar-refractivity contribution in [3.63, 3.8) is 0 Å². The molecule has 1 unspecified atom stereocenters. The van der Waals surface area contributed by atoms with E-state index in [1.807, 2.05) is 0 Å². The Labute approximate surface area is 121 Å². The standard InChI is InChI=1S/C13H19NO7/c1-6(2)11(17)20-12(7(3)4)21-13(18)19-8-5-9(15)14-10(8)16/h5-7,12,14-16H,1-4H3. The van der Waals surface area contributed by atoms with Crippen molar-refractivity contribution in [1.82, 2.24) is 4.98 Å². The SMILES string of the molecule is CC(C)C(=O)OC(OC(=O)Oc1cc(O)[nH]c1O)C(C)C. The second-order valence-electron chi connectivity index (χ2n) is 5.04. The lowest BCUT2D eigenvalue weighted by Crippen LogP contribution is -2.32. The van der Waals surface area contributed by atoms with Gasteiger partial charge in [-0.1, -0.05) is 27.7 Å². The largest absolute Gasteiger partial charge is 0.517 e. The van der Waals surface area contributed by atoms with E-state index < -0.39 is 24.3 Å². The molecule has 0 fully saturated rings. The number of aromatic hydroxyl groups is 2. The molecule has 0 amide bonds. The Bertz CT molecular complexity index is 507. The first-order chi connectivity index (χ1) is 9.70. The van der Waals surface area contributed by atoms with Crippen LogP contribution in [0.3, 0.4) is 0 Å². The van der Waals surface area contributed by atoms with Crippen LogP contribution in [0.2, 0.25) is 0 Å². The fraction of sp³-hybridized carbons (Fsp3) is 0.538. The number of H-pyrrole nitrogens is 1. The van der Waals surface area contributed by atoms with Gasteiger partial charge in [-0.3, -0.25) is 9.78 Å². The number of nitrogens with one attached hydrogen (secondary N) is 1. The lowest BCUT2D eigenvalue weighted by Gasteiger charge is -2.21. The molecular formula is C13H19NO7. The molecule has 1 atom stereocenters. The molecule has 0 aliphatic rings. The number of esters is 1. The van der Waals surface area contributed by atoms with Gasteiger partial charge in [0.2, 0.25) is 5.88 Å². The molecule has 8 nitrogen and oxygen atoms in total. The van der Waals surface area contributed by atoms with Crippen LogP contribution in [0.4, 0.5) is 4.79 Å². The van der Waals surface area contributed by atoms with Gasteiger partial charge < -0.3 is 24.4 Å². The Kier molecular flexibility index (Phi) is 5.45. The lowest BCUT2D eigenvalue weighted by atomic mass is 10.2. The van der Waals surface area contributed by atoms with Crippen LogP contribution in [0.1, 0.15) is 27.7 Å². The summed E-state index contributed by atoms with van der Waals surface area (Å²) in [5.74, 6) is -2.35. The number of rotatable bonds is 5. The van der Waals surface area contributed by atoms with Gasteiger partial charge in [0.25, 0.3) is 6.29 Å². The van der Waals surface area contributed by atoms with E-state index in [2.05, 4.69) is 4.98 Å². The highest BCUT2D eigenvalue weighted by atomic mass is 16.8. The van der Waals surface area contributed by atoms with E-state index in [1.165, 1.54) is 0 Å². The summed E-state index contributed by atoms with van der Waals surface area (Å²) >= 11 is 0. The number of aromatic nitrogens is 1. The Balaban J connectivity index is 2.64. The van der Waals surface area contributed by atoms with E-state index in [4.69, 9.17) is 19.3 Å². The Morgan fingerprint density at radius 3 is 2.19 bits per heavy atom. The second-order valence-corrected chi connectivity index (χ2v) is 5.04. The first kappa shape index (κ1) is 16.7. The maximum atomic E-state index is 11.6. The number of carbonyl (C=O) groups is 2. The zero-order valence-electron chi connectivity index (χ0n) is 12.2. The normalized spacial score (nSPS) is 12.3. The predicted octanol–water partition coefficient (Wildman–Crippen LogP) is 2.12. The Hall–Kier alpha value is -2.38.